The Bertz CT molecular complexity index is 833. The molecule has 1 saturated heterocycles. The highest BCUT2D eigenvalue weighted by atomic mass is 79.9. The zero-order chi connectivity index (χ0) is 19.9. The number of anilines is 1. The summed E-state index contributed by atoms with van der Waals surface area (Å²) in [5.41, 5.74) is 7.51. The second-order valence-electron chi connectivity index (χ2n) is 6.83. The van der Waals surface area contributed by atoms with Gasteiger partial charge in [0.2, 0.25) is 0 Å². The van der Waals surface area contributed by atoms with Crippen molar-refractivity contribution in [3.8, 4) is 11.1 Å². The average Bonchev–Trinajstić information content (AvgIpc) is 3.31. The summed E-state index contributed by atoms with van der Waals surface area (Å²) < 4.78 is 0.865. The van der Waals surface area contributed by atoms with Crippen LogP contribution in [0.25, 0.3) is 11.1 Å². The van der Waals surface area contributed by atoms with Gasteiger partial charge in [0, 0.05) is 22.0 Å². The molecule has 0 atom stereocenters. The van der Waals surface area contributed by atoms with Crippen LogP contribution in [-0.4, -0.2) is 43.0 Å². The van der Waals surface area contributed by atoms with Crippen molar-refractivity contribution in [1.29, 1.82) is 0 Å². The van der Waals surface area contributed by atoms with Crippen LogP contribution in [0.2, 0.25) is 0 Å². The fourth-order valence-corrected chi connectivity index (χ4v) is 4.85. The highest BCUT2D eigenvalue weighted by molar-refractivity contribution is 9.10. The second kappa shape index (κ2) is 10.0. The topological polar surface area (TPSA) is 87.5 Å². The van der Waals surface area contributed by atoms with Crippen LogP contribution in [0.15, 0.2) is 34.1 Å². The maximum absolute atomic E-state index is 12.2. The number of unbranched alkanes of at least 4 members (excludes halogenated alkanes) is 1. The first-order valence-corrected chi connectivity index (χ1v) is 11.2. The molecule has 0 saturated carbocycles. The van der Waals surface area contributed by atoms with Gasteiger partial charge in [0.05, 0.1) is 5.56 Å². The Balaban J connectivity index is 1.55. The van der Waals surface area contributed by atoms with E-state index in [4.69, 9.17) is 5.73 Å². The molecule has 3 rings (SSSR count). The first kappa shape index (κ1) is 20.8. The van der Waals surface area contributed by atoms with Crippen LogP contribution in [0.4, 0.5) is 9.80 Å². The fraction of sp³-hybridized carbons (Fsp3) is 0.400. The summed E-state index contributed by atoms with van der Waals surface area (Å²) >= 11 is 4.80. The number of nitrogens with one attached hydrogen (secondary N) is 2. The van der Waals surface area contributed by atoms with E-state index in [-0.39, 0.29) is 6.03 Å². The highest BCUT2D eigenvalue weighted by Crippen LogP contribution is 2.38. The molecule has 3 amide bonds. The van der Waals surface area contributed by atoms with Crippen LogP contribution < -0.4 is 16.4 Å². The summed E-state index contributed by atoms with van der Waals surface area (Å²) in [6.07, 6.45) is 4.59. The maximum Gasteiger partial charge on any atom is 0.319 e. The van der Waals surface area contributed by atoms with Gasteiger partial charge >= 0.3 is 6.03 Å². The Morgan fingerprint density at radius 3 is 2.61 bits per heavy atom. The molecule has 0 unspecified atom stereocenters. The molecule has 150 valence electrons. The van der Waals surface area contributed by atoms with E-state index in [1.165, 1.54) is 37.3 Å². The summed E-state index contributed by atoms with van der Waals surface area (Å²) in [7, 11) is 0. The zero-order valence-electron chi connectivity index (χ0n) is 15.7. The minimum absolute atomic E-state index is 0.316. The third-order valence-electron chi connectivity index (χ3n) is 4.81. The number of carbonyl (C=O) groups is 2. The quantitative estimate of drug-likeness (QED) is 0.509. The number of rotatable bonds is 8. The molecule has 0 radical (unpaired) electrons. The monoisotopic (exact) mass is 464 g/mol. The number of amides is 3. The van der Waals surface area contributed by atoms with Crippen LogP contribution in [0.5, 0.6) is 0 Å². The van der Waals surface area contributed by atoms with Crippen LogP contribution in [0.3, 0.4) is 0 Å². The number of carbonyl (C=O) groups excluding carboxylic acids is 2. The fourth-order valence-electron chi connectivity index (χ4n) is 3.39. The summed E-state index contributed by atoms with van der Waals surface area (Å²) in [4.78, 5) is 26.7. The van der Waals surface area contributed by atoms with Crippen LogP contribution >= 0.6 is 27.3 Å². The molecule has 2 heterocycles. The maximum atomic E-state index is 12.2. The van der Waals surface area contributed by atoms with Crippen molar-refractivity contribution >= 4 is 44.2 Å². The number of nitrogens with two attached hydrogens (primary N) is 1. The van der Waals surface area contributed by atoms with Gasteiger partial charge < -0.3 is 16.0 Å². The number of thiophene rings is 1. The number of primary amides is 1. The summed E-state index contributed by atoms with van der Waals surface area (Å²) in [5.74, 6) is -0.562. The third-order valence-corrected chi connectivity index (χ3v) is 6.40. The molecular weight excluding hydrogens is 440 g/mol. The molecule has 1 aliphatic heterocycles. The number of urea groups is 1. The van der Waals surface area contributed by atoms with Gasteiger partial charge in [-0.05, 0) is 56.9 Å². The van der Waals surface area contributed by atoms with Crippen molar-refractivity contribution in [2.75, 3.05) is 31.5 Å². The number of likely N-dealkylation sites (tertiary alicyclic amines) is 1. The molecule has 0 spiro atoms. The van der Waals surface area contributed by atoms with Crippen LogP contribution in [-0.2, 0) is 0 Å². The number of nitrogens with zero attached hydrogens (tertiary/aromatic N) is 1. The SMILES string of the molecule is NC(=O)c1c(-c2ccccc2Br)csc1NC(=O)NCCCCN1CCCC1. The Labute approximate surface area is 177 Å². The predicted octanol–water partition coefficient (Wildman–Crippen LogP) is 4.27. The zero-order valence-corrected chi connectivity index (χ0v) is 18.1. The van der Waals surface area contributed by atoms with Gasteiger partial charge in [-0.2, -0.15) is 0 Å². The van der Waals surface area contributed by atoms with Gasteiger partial charge in [-0.1, -0.05) is 34.1 Å². The van der Waals surface area contributed by atoms with Crippen molar-refractivity contribution in [2.45, 2.75) is 25.7 Å². The number of benzene rings is 1. The molecule has 6 nitrogen and oxygen atoms in total. The van der Waals surface area contributed by atoms with Crippen molar-refractivity contribution in [3.63, 3.8) is 0 Å². The molecule has 2 aromatic rings. The predicted molar refractivity (Wildman–Crippen MR) is 118 cm³/mol. The van der Waals surface area contributed by atoms with Gasteiger partial charge in [0.1, 0.15) is 5.00 Å². The van der Waals surface area contributed by atoms with Crippen molar-refractivity contribution < 1.29 is 9.59 Å². The lowest BCUT2D eigenvalue weighted by Crippen LogP contribution is -2.30. The minimum atomic E-state index is -0.562. The summed E-state index contributed by atoms with van der Waals surface area (Å²) in [6, 6.07) is 7.29. The molecule has 28 heavy (non-hydrogen) atoms. The molecule has 1 aromatic carbocycles. The molecule has 4 N–H and O–H groups in total. The van der Waals surface area contributed by atoms with Gasteiger partial charge in [-0.3, -0.25) is 10.1 Å². The van der Waals surface area contributed by atoms with Gasteiger partial charge in [-0.15, -0.1) is 11.3 Å². The Morgan fingerprint density at radius 1 is 1.14 bits per heavy atom. The van der Waals surface area contributed by atoms with Crippen LogP contribution in [0, 0.1) is 0 Å². The van der Waals surface area contributed by atoms with E-state index in [1.54, 1.807) is 0 Å². The molecule has 1 fully saturated rings. The van der Waals surface area contributed by atoms with E-state index in [9.17, 15) is 9.59 Å². The molecule has 0 bridgehead atoms. The van der Waals surface area contributed by atoms with Crippen molar-refractivity contribution in [2.24, 2.45) is 5.73 Å². The number of halogens is 1. The third kappa shape index (κ3) is 5.33. The van der Waals surface area contributed by atoms with Crippen molar-refractivity contribution in [1.82, 2.24) is 10.2 Å². The van der Waals surface area contributed by atoms with E-state index in [1.807, 2.05) is 29.6 Å². The Morgan fingerprint density at radius 2 is 1.89 bits per heavy atom. The first-order valence-electron chi connectivity index (χ1n) is 9.49. The van der Waals surface area contributed by atoms with E-state index in [2.05, 4.69) is 31.5 Å². The molecule has 1 aromatic heterocycles. The first-order chi connectivity index (χ1) is 13.6. The van der Waals surface area contributed by atoms with E-state index < -0.39 is 5.91 Å². The standard InChI is InChI=1S/C20H25BrN4O2S/c21-16-8-2-1-7-14(16)15-13-28-19(17(15)18(22)26)24-20(27)23-9-3-4-10-25-11-5-6-12-25/h1-2,7-8,13H,3-6,9-12H2,(H2,22,26)(H2,23,24,27). The molecule has 1 aliphatic rings. The van der Waals surface area contributed by atoms with E-state index in [0.717, 1.165) is 29.4 Å². The van der Waals surface area contributed by atoms with Crippen LogP contribution in [0.1, 0.15) is 36.0 Å². The lowest BCUT2D eigenvalue weighted by atomic mass is 10.0. The van der Waals surface area contributed by atoms with Gasteiger partial charge in [-0.25, -0.2) is 4.79 Å². The van der Waals surface area contributed by atoms with E-state index in [0.29, 0.717) is 22.7 Å². The van der Waals surface area contributed by atoms with E-state index >= 15 is 0 Å². The molecule has 0 aliphatic carbocycles. The minimum Gasteiger partial charge on any atom is -0.365 e. The number of hydrogen-bond acceptors (Lipinski definition) is 4. The van der Waals surface area contributed by atoms with Crippen molar-refractivity contribution in [3.05, 3.63) is 39.7 Å². The highest BCUT2D eigenvalue weighted by Gasteiger charge is 2.20. The average molecular weight is 465 g/mol. The normalized spacial score (nSPS) is 14.2. The smallest absolute Gasteiger partial charge is 0.319 e. The Kier molecular flexibility index (Phi) is 7.47. The lowest BCUT2D eigenvalue weighted by molar-refractivity contribution is 0.100. The van der Waals surface area contributed by atoms with Gasteiger partial charge in [0.25, 0.3) is 5.91 Å². The number of hydrogen-bond donors (Lipinski definition) is 3. The molecule has 8 heteroatoms. The van der Waals surface area contributed by atoms with Gasteiger partial charge in [0.15, 0.2) is 0 Å². The lowest BCUT2D eigenvalue weighted by Gasteiger charge is -2.14. The largest absolute Gasteiger partial charge is 0.365 e. The Hall–Kier alpha value is -1.90. The summed E-state index contributed by atoms with van der Waals surface area (Å²) in [6.45, 7) is 4.09. The summed E-state index contributed by atoms with van der Waals surface area (Å²) in [5, 5.41) is 7.94. The molecular formula is C20H25BrN4O2S. The second-order valence-corrected chi connectivity index (χ2v) is 8.57.